The number of carbonyl (C=O) groups is 1. The van der Waals surface area contributed by atoms with E-state index in [4.69, 9.17) is 16.7 Å². The molecule has 0 saturated heterocycles. The fourth-order valence-electron chi connectivity index (χ4n) is 0.503. The van der Waals surface area contributed by atoms with E-state index in [0.717, 1.165) is 0 Å². The largest absolute Gasteiger partial charge is 0.477 e. The first kappa shape index (κ1) is 8.96. The quantitative estimate of drug-likeness (QED) is 0.842. The lowest BCUT2D eigenvalue weighted by Crippen LogP contribution is -1.94. The van der Waals surface area contributed by atoms with Crippen LogP contribution in [0.15, 0.2) is 4.47 Å². The summed E-state index contributed by atoms with van der Waals surface area (Å²) in [5, 5.41) is 8.39. The predicted molar refractivity (Wildman–Crippen MR) is 43.9 cm³/mol. The van der Waals surface area contributed by atoms with Crippen LogP contribution in [0.1, 0.15) is 9.67 Å². The lowest BCUT2D eigenvalue weighted by atomic mass is 10.4. The van der Waals surface area contributed by atoms with Gasteiger partial charge < -0.3 is 5.11 Å². The minimum absolute atomic E-state index is 0.0153. The molecule has 0 spiro atoms. The zero-order valence-electron chi connectivity index (χ0n) is 4.90. The monoisotopic (exact) mass is 258 g/mol. The fraction of sp³-hybridized carbons (Fsp3) is 0. The van der Waals surface area contributed by atoms with Gasteiger partial charge in [-0.2, -0.15) is 0 Å². The Balaban J connectivity index is 3.29. The fourth-order valence-corrected chi connectivity index (χ4v) is 2.03. The van der Waals surface area contributed by atoms with Gasteiger partial charge in [0.05, 0.1) is 4.47 Å². The highest BCUT2D eigenvalue weighted by Gasteiger charge is 2.19. The zero-order valence-corrected chi connectivity index (χ0v) is 8.06. The summed E-state index contributed by atoms with van der Waals surface area (Å²) in [5.74, 6) is -2.12. The van der Waals surface area contributed by atoms with E-state index in [2.05, 4.69) is 15.9 Å². The smallest absolute Gasteiger partial charge is 0.349 e. The summed E-state index contributed by atoms with van der Waals surface area (Å²) in [6.07, 6.45) is 0. The Morgan fingerprint density at radius 2 is 2.27 bits per heavy atom. The Hall–Kier alpha value is -0.130. The Labute approximate surface area is 78.7 Å². The SMILES string of the molecule is O=C(O)c1sc(Cl)c(Br)c1F. The molecular weight excluding hydrogens is 258 g/mol. The Kier molecular flexibility index (Phi) is 2.51. The second kappa shape index (κ2) is 3.08. The molecule has 1 N–H and O–H groups in total. The third-order valence-electron chi connectivity index (χ3n) is 0.951. The van der Waals surface area contributed by atoms with Gasteiger partial charge in [-0.25, -0.2) is 9.18 Å². The maximum atomic E-state index is 12.8. The predicted octanol–water partition coefficient (Wildman–Crippen LogP) is 3.00. The number of hydrogen-bond donors (Lipinski definition) is 1. The van der Waals surface area contributed by atoms with Crippen LogP contribution >= 0.6 is 38.9 Å². The summed E-state index contributed by atoms with van der Waals surface area (Å²) in [6, 6.07) is 0. The highest BCUT2D eigenvalue weighted by Crippen LogP contribution is 2.35. The number of aromatic carboxylic acids is 1. The average molecular weight is 259 g/mol. The highest BCUT2D eigenvalue weighted by atomic mass is 79.9. The van der Waals surface area contributed by atoms with Gasteiger partial charge >= 0.3 is 5.97 Å². The van der Waals surface area contributed by atoms with E-state index >= 15 is 0 Å². The summed E-state index contributed by atoms with van der Waals surface area (Å²) < 4.78 is 12.9. The molecule has 0 amide bonds. The van der Waals surface area contributed by atoms with E-state index in [9.17, 15) is 9.18 Å². The standard InChI is InChI=1S/C5HBrClFO2S/c6-1-2(8)3(5(9)10)11-4(1)7/h(H,9,10). The van der Waals surface area contributed by atoms with Crippen LogP contribution in [-0.2, 0) is 0 Å². The van der Waals surface area contributed by atoms with Crippen molar-refractivity contribution in [3.8, 4) is 0 Å². The average Bonchev–Trinajstić information content (AvgIpc) is 2.17. The van der Waals surface area contributed by atoms with Gasteiger partial charge in [-0.1, -0.05) is 11.6 Å². The Bertz CT molecular complexity index is 312. The number of hydrogen-bond acceptors (Lipinski definition) is 2. The number of carboxylic acids is 1. The van der Waals surface area contributed by atoms with Crippen molar-refractivity contribution in [1.29, 1.82) is 0 Å². The molecule has 0 radical (unpaired) electrons. The first-order valence-electron chi connectivity index (χ1n) is 2.40. The van der Waals surface area contributed by atoms with Crippen LogP contribution in [0.5, 0.6) is 0 Å². The van der Waals surface area contributed by atoms with Crippen LogP contribution < -0.4 is 0 Å². The summed E-state index contributed by atoms with van der Waals surface area (Å²) in [6.45, 7) is 0. The normalized spacial score (nSPS) is 10.1. The van der Waals surface area contributed by atoms with Crippen LogP contribution in [0, 0.1) is 5.82 Å². The van der Waals surface area contributed by atoms with Crippen molar-refractivity contribution >= 4 is 44.8 Å². The van der Waals surface area contributed by atoms with E-state index in [1.54, 1.807) is 0 Å². The summed E-state index contributed by atoms with van der Waals surface area (Å²) >= 11 is 8.95. The van der Waals surface area contributed by atoms with Crippen molar-refractivity contribution in [3.05, 3.63) is 19.5 Å². The van der Waals surface area contributed by atoms with Crippen LogP contribution in [0.2, 0.25) is 4.34 Å². The molecule has 1 rings (SSSR count). The van der Waals surface area contributed by atoms with Gasteiger partial charge in [0.1, 0.15) is 4.34 Å². The van der Waals surface area contributed by atoms with Gasteiger partial charge in [0.2, 0.25) is 0 Å². The third kappa shape index (κ3) is 1.55. The topological polar surface area (TPSA) is 37.3 Å². The summed E-state index contributed by atoms with van der Waals surface area (Å²) in [4.78, 5) is 9.90. The van der Waals surface area contributed by atoms with Crippen LogP contribution in [0.25, 0.3) is 0 Å². The number of carboxylic acid groups (broad SMARTS) is 1. The minimum atomic E-state index is -1.31. The maximum Gasteiger partial charge on any atom is 0.349 e. The first-order chi connectivity index (χ1) is 5.04. The van der Waals surface area contributed by atoms with Gasteiger partial charge in [0.15, 0.2) is 10.7 Å². The van der Waals surface area contributed by atoms with E-state index in [1.165, 1.54) is 0 Å². The number of rotatable bonds is 1. The second-order valence-corrected chi connectivity index (χ2v) is 4.05. The van der Waals surface area contributed by atoms with Gasteiger partial charge in [0.25, 0.3) is 0 Å². The van der Waals surface area contributed by atoms with Crippen LogP contribution in [-0.4, -0.2) is 11.1 Å². The molecule has 0 atom stereocenters. The second-order valence-electron chi connectivity index (χ2n) is 1.64. The molecule has 0 aliphatic rings. The van der Waals surface area contributed by atoms with Gasteiger partial charge in [-0.3, -0.25) is 0 Å². The molecule has 6 heteroatoms. The lowest BCUT2D eigenvalue weighted by Gasteiger charge is -1.84. The molecule has 1 heterocycles. The molecule has 0 bridgehead atoms. The molecule has 0 aliphatic carbocycles. The van der Waals surface area contributed by atoms with Crippen LogP contribution in [0.3, 0.4) is 0 Å². The molecule has 0 aromatic carbocycles. The zero-order chi connectivity index (χ0) is 8.59. The third-order valence-corrected chi connectivity index (χ3v) is 3.55. The van der Waals surface area contributed by atoms with Crippen molar-refractivity contribution in [1.82, 2.24) is 0 Å². The molecule has 0 unspecified atom stereocenters. The van der Waals surface area contributed by atoms with Crippen LogP contribution in [0.4, 0.5) is 4.39 Å². The molecule has 60 valence electrons. The van der Waals surface area contributed by atoms with Crippen molar-refractivity contribution in [2.45, 2.75) is 0 Å². The Morgan fingerprint density at radius 1 is 1.73 bits per heavy atom. The lowest BCUT2D eigenvalue weighted by molar-refractivity contribution is 0.0697. The maximum absolute atomic E-state index is 12.8. The Morgan fingerprint density at radius 3 is 2.45 bits per heavy atom. The summed E-state index contributed by atoms with van der Waals surface area (Å²) in [7, 11) is 0. The molecule has 11 heavy (non-hydrogen) atoms. The van der Waals surface area contributed by atoms with Gasteiger partial charge in [0, 0.05) is 0 Å². The molecule has 0 saturated carbocycles. The molecule has 1 aromatic heterocycles. The molecule has 1 aromatic rings. The summed E-state index contributed by atoms with van der Waals surface area (Å²) in [5.41, 5.74) is 0. The van der Waals surface area contributed by atoms with Crippen molar-refractivity contribution in [3.63, 3.8) is 0 Å². The van der Waals surface area contributed by atoms with Gasteiger partial charge in [-0.05, 0) is 15.9 Å². The van der Waals surface area contributed by atoms with Crippen molar-refractivity contribution in [2.75, 3.05) is 0 Å². The molecule has 0 aliphatic heterocycles. The number of thiophene rings is 1. The van der Waals surface area contributed by atoms with E-state index < -0.39 is 11.8 Å². The molecular formula is C5HBrClFO2S. The van der Waals surface area contributed by atoms with E-state index in [-0.39, 0.29) is 13.7 Å². The minimum Gasteiger partial charge on any atom is -0.477 e. The molecule has 2 nitrogen and oxygen atoms in total. The number of halogens is 3. The molecule has 0 fully saturated rings. The van der Waals surface area contributed by atoms with E-state index in [0.29, 0.717) is 11.3 Å². The highest BCUT2D eigenvalue weighted by molar-refractivity contribution is 9.10. The van der Waals surface area contributed by atoms with Gasteiger partial charge in [-0.15, -0.1) is 11.3 Å². The first-order valence-corrected chi connectivity index (χ1v) is 4.39. The van der Waals surface area contributed by atoms with Crippen molar-refractivity contribution < 1.29 is 14.3 Å². The van der Waals surface area contributed by atoms with Crippen molar-refractivity contribution in [2.24, 2.45) is 0 Å². The van der Waals surface area contributed by atoms with E-state index in [1.807, 2.05) is 0 Å².